The number of halogens is 1. The molecule has 0 amide bonds. The highest BCUT2D eigenvalue weighted by Crippen LogP contribution is 2.27. The largest absolute Gasteiger partial charge is 0.379 e. The first-order valence-corrected chi connectivity index (χ1v) is 6.05. The number of aromatic nitrogens is 2. The van der Waals surface area contributed by atoms with Crippen molar-refractivity contribution in [1.82, 2.24) is 9.55 Å². The Kier molecular flexibility index (Phi) is 3.03. The summed E-state index contributed by atoms with van der Waals surface area (Å²) in [5.41, 5.74) is 0.480. The van der Waals surface area contributed by atoms with Gasteiger partial charge in [-0.2, -0.15) is 0 Å². The predicted octanol–water partition coefficient (Wildman–Crippen LogP) is 2.28. The van der Waals surface area contributed by atoms with E-state index in [1.165, 1.54) is 0 Å². The Morgan fingerprint density at radius 1 is 1.31 bits per heavy atom. The molecule has 0 saturated carbocycles. The van der Waals surface area contributed by atoms with Crippen LogP contribution in [0.25, 0.3) is 0 Å². The summed E-state index contributed by atoms with van der Waals surface area (Å²) >= 11 is 2.24. The summed E-state index contributed by atoms with van der Waals surface area (Å²) in [6, 6.07) is 7.81. The summed E-state index contributed by atoms with van der Waals surface area (Å²) in [7, 11) is 1.89. The lowest BCUT2D eigenvalue weighted by Crippen LogP contribution is -2.23. The molecule has 2 aromatic rings. The van der Waals surface area contributed by atoms with Gasteiger partial charge in [0.05, 0.1) is 12.0 Å². The van der Waals surface area contributed by atoms with E-state index in [1.54, 1.807) is 13.3 Å². The summed E-state index contributed by atoms with van der Waals surface area (Å²) in [4.78, 5) is 4.20. The first-order valence-electron chi connectivity index (χ1n) is 4.97. The number of hydrogen-bond acceptors (Lipinski definition) is 2. The molecule has 16 heavy (non-hydrogen) atoms. The van der Waals surface area contributed by atoms with E-state index in [9.17, 15) is 5.11 Å². The standard InChI is InChI=1S/C12H13IN2O/c1-12(16,11-7-15(2)8-14-11)9-3-5-10(13)6-4-9/h3-8,16H,1-2H3. The van der Waals surface area contributed by atoms with Gasteiger partial charge < -0.3 is 9.67 Å². The minimum absolute atomic E-state index is 0.663. The number of aliphatic hydroxyl groups is 1. The Hall–Kier alpha value is -0.880. The molecule has 4 heteroatoms. The number of benzene rings is 1. The molecule has 0 fully saturated rings. The minimum atomic E-state index is -1.04. The molecular formula is C12H13IN2O. The average Bonchev–Trinajstić information content (AvgIpc) is 2.66. The number of imidazole rings is 1. The van der Waals surface area contributed by atoms with Crippen LogP contribution in [-0.2, 0) is 12.6 Å². The Labute approximate surface area is 108 Å². The van der Waals surface area contributed by atoms with Crippen molar-refractivity contribution in [3.8, 4) is 0 Å². The van der Waals surface area contributed by atoms with Crippen molar-refractivity contribution in [2.45, 2.75) is 12.5 Å². The lowest BCUT2D eigenvalue weighted by Gasteiger charge is -2.21. The fourth-order valence-electron chi connectivity index (χ4n) is 1.59. The molecule has 1 heterocycles. The molecule has 0 radical (unpaired) electrons. The highest BCUT2D eigenvalue weighted by Gasteiger charge is 2.27. The van der Waals surface area contributed by atoms with Crippen LogP contribution in [0.1, 0.15) is 18.2 Å². The topological polar surface area (TPSA) is 38.0 Å². The molecule has 0 saturated heterocycles. The van der Waals surface area contributed by atoms with E-state index in [0.717, 1.165) is 9.13 Å². The Morgan fingerprint density at radius 3 is 2.44 bits per heavy atom. The maximum atomic E-state index is 10.5. The molecule has 1 atom stereocenters. The van der Waals surface area contributed by atoms with E-state index in [1.807, 2.05) is 42.1 Å². The van der Waals surface area contributed by atoms with Crippen molar-refractivity contribution in [3.05, 3.63) is 51.6 Å². The third-order valence-electron chi connectivity index (χ3n) is 2.61. The molecule has 0 aliphatic carbocycles. The second-order valence-electron chi connectivity index (χ2n) is 4.00. The van der Waals surface area contributed by atoms with Crippen molar-refractivity contribution in [2.75, 3.05) is 0 Å². The maximum absolute atomic E-state index is 10.5. The van der Waals surface area contributed by atoms with Crippen LogP contribution < -0.4 is 0 Å². The SMILES string of the molecule is Cn1cnc(C(C)(O)c2ccc(I)cc2)c1. The lowest BCUT2D eigenvalue weighted by atomic mass is 9.93. The third kappa shape index (κ3) is 2.12. The second-order valence-corrected chi connectivity index (χ2v) is 5.25. The highest BCUT2D eigenvalue weighted by atomic mass is 127. The van der Waals surface area contributed by atoms with Gasteiger partial charge in [0.15, 0.2) is 0 Å². The summed E-state index contributed by atoms with van der Waals surface area (Å²) in [6.07, 6.45) is 3.52. The fraction of sp³-hybridized carbons (Fsp3) is 0.250. The molecule has 0 bridgehead atoms. The lowest BCUT2D eigenvalue weighted by molar-refractivity contribution is 0.0977. The Balaban J connectivity index is 2.42. The third-order valence-corrected chi connectivity index (χ3v) is 3.33. The van der Waals surface area contributed by atoms with Crippen molar-refractivity contribution < 1.29 is 5.11 Å². The molecule has 1 unspecified atom stereocenters. The van der Waals surface area contributed by atoms with Crippen LogP contribution in [0.3, 0.4) is 0 Å². The zero-order chi connectivity index (χ0) is 11.8. The minimum Gasteiger partial charge on any atom is -0.379 e. The number of aryl methyl sites for hydroxylation is 1. The number of rotatable bonds is 2. The quantitative estimate of drug-likeness (QED) is 0.859. The van der Waals surface area contributed by atoms with E-state index in [4.69, 9.17) is 0 Å². The predicted molar refractivity (Wildman–Crippen MR) is 71.0 cm³/mol. The molecule has 1 N–H and O–H groups in total. The number of nitrogens with zero attached hydrogens (tertiary/aromatic N) is 2. The van der Waals surface area contributed by atoms with Gasteiger partial charge in [0.25, 0.3) is 0 Å². The number of hydrogen-bond donors (Lipinski definition) is 1. The summed E-state index contributed by atoms with van der Waals surface area (Å²) in [5, 5.41) is 10.5. The summed E-state index contributed by atoms with van der Waals surface area (Å²) < 4.78 is 2.98. The van der Waals surface area contributed by atoms with Crippen molar-refractivity contribution in [3.63, 3.8) is 0 Å². The van der Waals surface area contributed by atoms with Gasteiger partial charge in [0.2, 0.25) is 0 Å². The molecule has 0 spiro atoms. The zero-order valence-electron chi connectivity index (χ0n) is 9.18. The van der Waals surface area contributed by atoms with Crippen LogP contribution in [0, 0.1) is 3.57 Å². The van der Waals surface area contributed by atoms with Crippen LogP contribution in [0.15, 0.2) is 36.8 Å². The van der Waals surface area contributed by atoms with Crippen LogP contribution in [-0.4, -0.2) is 14.7 Å². The normalized spacial score (nSPS) is 14.8. The van der Waals surface area contributed by atoms with E-state index < -0.39 is 5.60 Å². The summed E-state index contributed by atoms with van der Waals surface area (Å²) in [6.45, 7) is 1.76. The summed E-state index contributed by atoms with van der Waals surface area (Å²) in [5.74, 6) is 0. The first-order chi connectivity index (χ1) is 7.50. The van der Waals surface area contributed by atoms with Gasteiger partial charge in [0.1, 0.15) is 5.60 Å². The van der Waals surface area contributed by atoms with Crippen LogP contribution >= 0.6 is 22.6 Å². The van der Waals surface area contributed by atoms with Gasteiger partial charge in [-0.1, -0.05) is 12.1 Å². The van der Waals surface area contributed by atoms with Gasteiger partial charge in [-0.15, -0.1) is 0 Å². The van der Waals surface area contributed by atoms with Crippen molar-refractivity contribution in [2.24, 2.45) is 7.05 Å². The van der Waals surface area contributed by atoms with Gasteiger partial charge in [-0.05, 0) is 47.2 Å². The van der Waals surface area contributed by atoms with Crippen LogP contribution in [0.4, 0.5) is 0 Å². The average molecular weight is 328 g/mol. The molecule has 0 aliphatic heterocycles. The van der Waals surface area contributed by atoms with E-state index in [0.29, 0.717) is 5.69 Å². The van der Waals surface area contributed by atoms with Crippen LogP contribution in [0.5, 0.6) is 0 Å². The van der Waals surface area contributed by atoms with E-state index in [-0.39, 0.29) is 0 Å². The Bertz CT molecular complexity index is 488. The molecule has 2 rings (SSSR count). The monoisotopic (exact) mass is 328 g/mol. The van der Waals surface area contributed by atoms with Gasteiger partial charge >= 0.3 is 0 Å². The van der Waals surface area contributed by atoms with Crippen LogP contribution in [0.2, 0.25) is 0 Å². The molecule has 3 nitrogen and oxygen atoms in total. The fourth-order valence-corrected chi connectivity index (χ4v) is 1.95. The van der Waals surface area contributed by atoms with Crippen molar-refractivity contribution >= 4 is 22.6 Å². The van der Waals surface area contributed by atoms with E-state index >= 15 is 0 Å². The maximum Gasteiger partial charge on any atom is 0.130 e. The van der Waals surface area contributed by atoms with Gasteiger partial charge in [-0.3, -0.25) is 0 Å². The Morgan fingerprint density at radius 2 is 1.94 bits per heavy atom. The van der Waals surface area contributed by atoms with E-state index in [2.05, 4.69) is 27.6 Å². The smallest absolute Gasteiger partial charge is 0.130 e. The molecular weight excluding hydrogens is 315 g/mol. The molecule has 1 aromatic carbocycles. The highest BCUT2D eigenvalue weighted by molar-refractivity contribution is 14.1. The zero-order valence-corrected chi connectivity index (χ0v) is 11.3. The molecule has 84 valence electrons. The molecule has 0 aliphatic rings. The van der Waals surface area contributed by atoms with Gasteiger partial charge in [-0.25, -0.2) is 4.98 Å². The second kappa shape index (κ2) is 4.18. The first kappa shape index (κ1) is 11.6. The molecule has 1 aromatic heterocycles. The van der Waals surface area contributed by atoms with Crippen molar-refractivity contribution in [1.29, 1.82) is 0 Å². The van der Waals surface area contributed by atoms with Gasteiger partial charge in [0, 0.05) is 16.8 Å².